The maximum Gasteiger partial charge on any atom is 0.333 e. The summed E-state index contributed by atoms with van der Waals surface area (Å²) in [5, 5.41) is 14.0. The zero-order valence-electron chi connectivity index (χ0n) is 11.3. The van der Waals surface area contributed by atoms with Gasteiger partial charge in [0.2, 0.25) is 5.72 Å². The second-order valence-electron chi connectivity index (χ2n) is 5.02. The van der Waals surface area contributed by atoms with Gasteiger partial charge >= 0.3 is 11.9 Å². The zero-order chi connectivity index (χ0) is 15.4. The molecule has 0 spiro atoms. The molecule has 1 aromatic carbocycles. The molecule has 2 heterocycles. The number of ether oxygens (including phenoxy) is 2. The predicted molar refractivity (Wildman–Crippen MR) is 67.9 cm³/mol. The lowest BCUT2D eigenvalue weighted by atomic mass is 9.87. The number of carbonyl (C=O) groups is 2. The van der Waals surface area contributed by atoms with Gasteiger partial charge in [0.05, 0.1) is 23.5 Å². The molecule has 0 saturated carbocycles. The zero-order valence-corrected chi connectivity index (χ0v) is 11.3. The standard InChI is InChI=1S/C13H12N2O6/c1-7-10(16)21-13(12(7,14-13)11(17)20-2)8-5-3-4-6-9(8)15(18)19/h3-7,14H,1-2H3/t7?,12-,13-/m0/s1. The fourth-order valence-corrected chi connectivity index (χ4v) is 2.98. The van der Waals surface area contributed by atoms with E-state index in [2.05, 4.69) is 5.32 Å². The summed E-state index contributed by atoms with van der Waals surface area (Å²) < 4.78 is 10.0. The molecule has 2 aliphatic rings. The topological polar surface area (TPSA) is 118 Å². The van der Waals surface area contributed by atoms with E-state index in [4.69, 9.17) is 9.47 Å². The van der Waals surface area contributed by atoms with Crippen molar-refractivity contribution in [1.82, 2.24) is 5.32 Å². The van der Waals surface area contributed by atoms with Crippen LogP contribution in [0.15, 0.2) is 24.3 Å². The number of carbonyl (C=O) groups excluding carboxylic acids is 2. The number of nitrogens with zero attached hydrogens (tertiary/aromatic N) is 1. The van der Waals surface area contributed by atoms with Crippen molar-refractivity contribution in [3.63, 3.8) is 0 Å². The summed E-state index contributed by atoms with van der Waals surface area (Å²) in [6.07, 6.45) is 0. The van der Waals surface area contributed by atoms with E-state index in [1.165, 1.54) is 32.2 Å². The summed E-state index contributed by atoms with van der Waals surface area (Å²) in [5.41, 5.74) is -3.03. The Hall–Kier alpha value is -2.48. The van der Waals surface area contributed by atoms with Gasteiger partial charge in [-0.25, -0.2) is 4.79 Å². The van der Waals surface area contributed by atoms with Gasteiger partial charge < -0.3 is 9.47 Å². The van der Waals surface area contributed by atoms with Crippen molar-refractivity contribution in [3.05, 3.63) is 39.9 Å². The Kier molecular flexibility index (Phi) is 2.58. The Labute approximate surface area is 119 Å². The van der Waals surface area contributed by atoms with Gasteiger partial charge in [-0.2, -0.15) is 0 Å². The first-order valence-corrected chi connectivity index (χ1v) is 6.25. The average Bonchev–Trinajstić information content (AvgIpc) is 3.10. The van der Waals surface area contributed by atoms with Crippen molar-refractivity contribution in [1.29, 1.82) is 0 Å². The summed E-state index contributed by atoms with van der Waals surface area (Å²) in [6, 6.07) is 5.83. The van der Waals surface area contributed by atoms with Crippen molar-refractivity contribution >= 4 is 17.6 Å². The molecule has 8 heteroatoms. The number of nitro groups is 1. The minimum absolute atomic E-state index is 0.137. The van der Waals surface area contributed by atoms with Crippen molar-refractivity contribution in [2.75, 3.05) is 7.11 Å². The lowest BCUT2D eigenvalue weighted by molar-refractivity contribution is -0.386. The van der Waals surface area contributed by atoms with E-state index in [-0.39, 0.29) is 11.3 Å². The Morgan fingerprint density at radius 2 is 2.14 bits per heavy atom. The van der Waals surface area contributed by atoms with Crippen molar-refractivity contribution in [2.45, 2.75) is 18.2 Å². The minimum atomic E-state index is -1.53. The third kappa shape index (κ3) is 1.42. The molecular formula is C13H12N2O6. The van der Waals surface area contributed by atoms with Crippen molar-refractivity contribution in [3.8, 4) is 0 Å². The molecule has 0 aromatic heterocycles. The van der Waals surface area contributed by atoms with E-state index in [0.717, 1.165) is 0 Å². The number of benzene rings is 1. The molecule has 0 bridgehead atoms. The highest BCUT2D eigenvalue weighted by molar-refractivity contribution is 5.98. The molecule has 0 radical (unpaired) electrons. The Morgan fingerprint density at radius 3 is 2.76 bits per heavy atom. The number of fused-ring (bicyclic) bond motifs is 1. The van der Waals surface area contributed by atoms with E-state index >= 15 is 0 Å². The van der Waals surface area contributed by atoms with E-state index in [1.54, 1.807) is 6.07 Å². The van der Waals surface area contributed by atoms with Gasteiger partial charge in [-0.05, 0) is 13.0 Å². The number of nitro benzene ring substituents is 1. The minimum Gasteiger partial charge on any atom is -0.467 e. The van der Waals surface area contributed by atoms with Crippen LogP contribution in [0.25, 0.3) is 0 Å². The summed E-state index contributed by atoms with van der Waals surface area (Å²) in [5.74, 6) is -2.08. The molecule has 1 N–H and O–H groups in total. The van der Waals surface area contributed by atoms with Crippen LogP contribution < -0.4 is 5.32 Å². The van der Waals surface area contributed by atoms with Gasteiger partial charge in [0.25, 0.3) is 5.69 Å². The Morgan fingerprint density at radius 1 is 1.48 bits per heavy atom. The molecule has 21 heavy (non-hydrogen) atoms. The maximum absolute atomic E-state index is 12.1. The van der Waals surface area contributed by atoms with Crippen LogP contribution in [0.1, 0.15) is 12.5 Å². The number of nitrogens with one attached hydrogen (secondary N) is 1. The Bertz CT molecular complexity index is 674. The molecule has 0 amide bonds. The first-order chi connectivity index (χ1) is 9.90. The third-order valence-electron chi connectivity index (χ3n) is 4.11. The first kappa shape index (κ1) is 13.5. The molecular weight excluding hydrogens is 280 g/mol. The highest BCUT2D eigenvalue weighted by atomic mass is 16.6. The van der Waals surface area contributed by atoms with Gasteiger partial charge in [-0.1, -0.05) is 12.1 Å². The van der Waals surface area contributed by atoms with E-state index in [9.17, 15) is 19.7 Å². The van der Waals surface area contributed by atoms with Crippen LogP contribution in [0.5, 0.6) is 0 Å². The summed E-state index contributed by atoms with van der Waals surface area (Å²) in [7, 11) is 1.19. The fraction of sp³-hybridized carbons (Fsp3) is 0.385. The van der Waals surface area contributed by atoms with Crippen LogP contribution in [0, 0.1) is 16.0 Å². The summed E-state index contributed by atoms with van der Waals surface area (Å²) in [4.78, 5) is 34.6. The van der Waals surface area contributed by atoms with Gasteiger partial charge in [0.15, 0.2) is 5.54 Å². The highest BCUT2D eigenvalue weighted by Gasteiger charge is 2.86. The molecule has 2 aliphatic heterocycles. The summed E-state index contributed by atoms with van der Waals surface area (Å²) >= 11 is 0. The monoisotopic (exact) mass is 292 g/mol. The number of rotatable bonds is 3. The molecule has 8 nitrogen and oxygen atoms in total. The number of hydrogen-bond acceptors (Lipinski definition) is 7. The van der Waals surface area contributed by atoms with Crippen LogP contribution >= 0.6 is 0 Å². The molecule has 110 valence electrons. The molecule has 1 aromatic rings. The summed E-state index contributed by atoms with van der Waals surface area (Å²) in [6.45, 7) is 1.52. The first-order valence-electron chi connectivity index (χ1n) is 6.25. The van der Waals surface area contributed by atoms with Crippen molar-refractivity contribution < 1.29 is 24.0 Å². The SMILES string of the molecule is COC(=O)[C@]12N[C@@]1(c1ccccc1[N+](=O)[O-])OC(=O)C2C. The molecule has 0 aliphatic carbocycles. The van der Waals surface area contributed by atoms with Crippen molar-refractivity contribution in [2.24, 2.45) is 5.92 Å². The lowest BCUT2D eigenvalue weighted by Gasteiger charge is -2.13. The number of para-hydroxylation sites is 1. The molecule has 1 unspecified atom stereocenters. The molecule has 3 atom stereocenters. The van der Waals surface area contributed by atoms with Gasteiger partial charge in [0, 0.05) is 6.07 Å². The van der Waals surface area contributed by atoms with Crippen LogP contribution in [-0.2, 0) is 24.8 Å². The number of hydrogen-bond donors (Lipinski definition) is 1. The average molecular weight is 292 g/mol. The largest absolute Gasteiger partial charge is 0.467 e. The maximum atomic E-state index is 12.1. The molecule has 2 saturated heterocycles. The smallest absolute Gasteiger partial charge is 0.333 e. The number of methoxy groups -OCH3 is 1. The van der Waals surface area contributed by atoms with Crippen LogP contribution in [0.2, 0.25) is 0 Å². The predicted octanol–water partition coefficient (Wildman–Crippen LogP) is 0.455. The normalized spacial score (nSPS) is 33.0. The van der Waals surface area contributed by atoms with E-state index < -0.39 is 34.0 Å². The molecule has 2 fully saturated rings. The van der Waals surface area contributed by atoms with E-state index in [1.807, 2.05) is 0 Å². The van der Waals surface area contributed by atoms with Gasteiger partial charge in [0.1, 0.15) is 0 Å². The Balaban J connectivity index is 2.18. The van der Waals surface area contributed by atoms with E-state index in [0.29, 0.717) is 0 Å². The second-order valence-corrected chi connectivity index (χ2v) is 5.02. The third-order valence-corrected chi connectivity index (χ3v) is 4.11. The van der Waals surface area contributed by atoms with Gasteiger partial charge in [-0.3, -0.25) is 20.2 Å². The van der Waals surface area contributed by atoms with Crippen LogP contribution in [0.3, 0.4) is 0 Å². The second kappa shape index (κ2) is 4.01. The quantitative estimate of drug-likeness (QED) is 0.372. The molecule has 3 rings (SSSR count). The van der Waals surface area contributed by atoms with Crippen LogP contribution in [0.4, 0.5) is 5.69 Å². The highest BCUT2D eigenvalue weighted by Crippen LogP contribution is 2.60. The van der Waals surface area contributed by atoms with Crippen LogP contribution in [-0.4, -0.2) is 29.5 Å². The fourth-order valence-electron chi connectivity index (χ4n) is 2.98. The lowest BCUT2D eigenvalue weighted by Crippen LogP contribution is -2.38. The van der Waals surface area contributed by atoms with Gasteiger partial charge in [-0.15, -0.1) is 0 Å². The number of esters is 2.